The van der Waals surface area contributed by atoms with Crippen molar-refractivity contribution in [2.75, 3.05) is 31.1 Å². The summed E-state index contributed by atoms with van der Waals surface area (Å²) < 4.78 is 60.5. The van der Waals surface area contributed by atoms with Crippen LogP contribution in [0.3, 0.4) is 0 Å². The number of benzene rings is 1. The number of amides is 1. The van der Waals surface area contributed by atoms with Gasteiger partial charge in [0.1, 0.15) is 11.9 Å². The van der Waals surface area contributed by atoms with Crippen molar-refractivity contribution in [1.82, 2.24) is 9.88 Å². The molecule has 1 atom stereocenters. The second kappa shape index (κ2) is 9.95. The summed E-state index contributed by atoms with van der Waals surface area (Å²) in [4.78, 5) is 19.9. The van der Waals surface area contributed by atoms with E-state index in [1.165, 1.54) is 11.0 Å². The minimum atomic E-state index is -4.59. The molecule has 5 nitrogen and oxygen atoms in total. The van der Waals surface area contributed by atoms with Crippen LogP contribution in [0.5, 0.6) is 0 Å². The number of anilines is 1. The van der Waals surface area contributed by atoms with E-state index >= 15 is 0 Å². The van der Waals surface area contributed by atoms with Crippen molar-refractivity contribution in [3.63, 3.8) is 0 Å². The smallest absolute Gasteiger partial charge is 0.360 e. The monoisotopic (exact) mass is 487 g/mol. The Kier molecular flexibility index (Phi) is 7.65. The van der Waals surface area contributed by atoms with Gasteiger partial charge in [-0.25, -0.2) is 4.39 Å². The number of halogens is 5. The molecule has 2 saturated heterocycles. The van der Waals surface area contributed by atoms with Crippen LogP contribution in [-0.4, -0.2) is 53.7 Å². The number of likely N-dealkylation sites (tertiary alicyclic amines) is 1. The Morgan fingerprint density at radius 3 is 2.55 bits per heavy atom. The highest BCUT2D eigenvalue weighted by atomic mass is 35.5. The van der Waals surface area contributed by atoms with E-state index in [1.807, 2.05) is 0 Å². The first-order valence-electron chi connectivity index (χ1n) is 10.6. The standard InChI is InChI=1S/C23H25F4N3O2.ClH/c1-16-21(31)30(20-14-28-10-6-18(20)23(25,26)27)15-22(32-16)8-12-29(13-9-22)11-7-17-4-2-3-5-19(17)24;/h2-6,10,14,16H,7-9,11-13,15H2,1H3;1H. The van der Waals surface area contributed by atoms with E-state index in [1.54, 1.807) is 25.1 Å². The van der Waals surface area contributed by atoms with Gasteiger partial charge in [-0.1, -0.05) is 18.2 Å². The number of piperidine rings is 1. The summed E-state index contributed by atoms with van der Waals surface area (Å²) in [6.45, 7) is 3.61. The Balaban J connectivity index is 0.00000306. The zero-order valence-corrected chi connectivity index (χ0v) is 19.0. The van der Waals surface area contributed by atoms with Gasteiger partial charge in [0.25, 0.3) is 5.91 Å². The molecule has 10 heteroatoms. The molecule has 0 saturated carbocycles. The number of morpholine rings is 1. The highest BCUT2D eigenvalue weighted by Crippen LogP contribution is 2.40. The van der Waals surface area contributed by atoms with Gasteiger partial charge in [0.05, 0.1) is 29.6 Å². The van der Waals surface area contributed by atoms with Crippen molar-refractivity contribution in [2.24, 2.45) is 0 Å². The normalized spacial score (nSPS) is 21.2. The highest BCUT2D eigenvalue weighted by molar-refractivity contribution is 5.97. The molecule has 2 aromatic rings. The van der Waals surface area contributed by atoms with Gasteiger partial charge >= 0.3 is 6.18 Å². The molecule has 0 bridgehead atoms. The number of carbonyl (C=O) groups excluding carboxylic acids is 1. The summed E-state index contributed by atoms with van der Waals surface area (Å²) >= 11 is 0. The first-order valence-corrected chi connectivity index (χ1v) is 10.6. The molecule has 4 rings (SSSR count). The first-order chi connectivity index (χ1) is 15.2. The summed E-state index contributed by atoms with van der Waals surface area (Å²) in [7, 11) is 0. The quantitative estimate of drug-likeness (QED) is 0.596. The topological polar surface area (TPSA) is 45.7 Å². The van der Waals surface area contributed by atoms with Crippen molar-refractivity contribution in [2.45, 2.75) is 44.1 Å². The van der Waals surface area contributed by atoms with Crippen LogP contribution in [0.4, 0.5) is 23.2 Å². The van der Waals surface area contributed by atoms with Crippen LogP contribution in [0.2, 0.25) is 0 Å². The third kappa shape index (κ3) is 5.47. The van der Waals surface area contributed by atoms with Gasteiger partial charge in [0.15, 0.2) is 0 Å². The molecule has 1 aromatic carbocycles. The summed E-state index contributed by atoms with van der Waals surface area (Å²) in [6.07, 6.45) is -1.56. The van der Waals surface area contributed by atoms with Gasteiger partial charge in [0.2, 0.25) is 0 Å². The largest absolute Gasteiger partial charge is 0.418 e. The SMILES string of the molecule is CC1OC2(CCN(CCc3ccccc3F)CC2)CN(c2cnccc2C(F)(F)F)C1=O.Cl. The number of hydrogen-bond donors (Lipinski definition) is 0. The predicted molar refractivity (Wildman–Crippen MR) is 118 cm³/mol. The van der Waals surface area contributed by atoms with Gasteiger partial charge in [-0.3, -0.25) is 9.78 Å². The molecule has 2 fully saturated rings. The minimum Gasteiger partial charge on any atom is -0.360 e. The van der Waals surface area contributed by atoms with E-state index in [0.717, 1.165) is 18.5 Å². The second-order valence-electron chi connectivity index (χ2n) is 8.44. The molecule has 0 N–H and O–H groups in total. The molecule has 1 amide bonds. The Morgan fingerprint density at radius 2 is 1.88 bits per heavy atom. The summed E-state index contributed by atoms with van der Waals surface area (Å²) in [5.41, 5.74) is -1.18. The third-order valence-electron chi connectivity index (χ3n) is 6.31. The van der Waals surface area contributed by atoms with E-state index in [0.29, 0.717) is 44.5 Å². The van der Waals surface area contributed by atoms with Crippen LogP contribution in [0.1, 0.15) is 30.9 Å². The van der Waals surface area contributed by atoms with Crippen LogP contribution in [0.25, 0.3) is 0 Å². The molecule has 0 aliphatic carbocycles. The summed E-state index contributed by atoms with van der Waals surface area (Å²) in [5, 5.41) is 0. The molecule has 0 radical (unpaired) electrons. The molecule has 3 heterocycles. The Morgan fingerprint density at radius 1 is 1.18 bits per heavy atom. The van der Waals surface area contributed by atoms with E-state index < -0.39 is 29.4 Å². The fraction of sp³-hybridized carbons (Fsp3) is 0.478. The van der Waals surface area contributed by atoms with Crippen LogP contribution >= 0.6 is 12.4 Å². The maximum Gasteiger partial charge on any atom is 0.418 e. The van der Waals surface area contributed by atoms with E-state index in [9.17, 15) is 22.4 Å². The van der Waals surface area contributed by atoms with Gasteiger partial charge in [0, 0.05) is 25.8 Å². The molecular weight excluding hydrogens is 462 g/mol. The number of aromatic nitrogens is 1. The third-order valence-corrected chi connectivity index (χ3v) is 6.31. The Hall–Kier alpha value is -2.23. The average molecular weight is 488 g/mol. The van der Waals surface area contributed by atoms with Crippen LogP contribution in [0.15, 0.2) is 42.7 Å². The number of alkyl halides is 3. The average Bonchev–Trinajstić information content (AvgIpc) is 2.76. The van der Waals surface area contributed by atoms with Crippen LogP contribution < -0.4 is 4.90 Å². The molecule has 1 spiro atoms. The van der Waals surface area contributed by atoms with Gasteiger partial charge in [-0.15, -0.1) is 12.4 Å². The van der Waals surface area contributed by atoms with E-state index in [-0.39, 0.29) is 30.5 Å². The minimum absolute atomic E-state index is 0. The highest BCUT2D eigenvalue weighted by Gasteiger charge is 2.47. The number of pyridine rings is 1. The van der Waals surface area contributed by atoms with Crippen molar-refractivity contribution < 1.29 is 27.1 Å². The number of hydrogen-bond acceptors (Lipinski definition) is 4. The predicted octanol–water partition coefficient (Wildman–Crippen LogP) is 4.49. The number of ether oxygens (including phenoxy) is 1. The molecule has 2 aliphatic heterocycles. The fourth-order valence-electron chi connectivity index (χ4n) is 4.53. The lowest BCUT2D eigenvalue weighted by Gasteiger charge is -2.49. The van der Waals surface area contributed by atoms with Gasteiger partial charge < -0.3 is 14.5 Å². The van der Waals surface area contributed by atoms with Crippen molar-refractivity contribution in [3.05, 3.63) is 59.7 Å². The summed E-state index contributed by atoms with van der Waals surface area (Å²) in [6, 6.07) is 7.56. The van der Waals surface area contributed by atoms with Crippen molar-refractivity contribution >= 4 is 24.0 Å². The lowest BCUT2D eigenvalue weighted by molar-refractivity contribution is -0.162. The number of rotatable bonds is 4. The van der Waals surface area contributed by atoms with Gasteiger partial charge in [-0.05, 0) is 43.9 Å². The molecule has 2 aliphatic rings. The van der Waals surface area contributed by atoms with Gasteiger partial charge in [-0.2, -0.15) is 13.2 Å². The lowest BCUT2D eigenvalue weighted by atomic mass is 9.88. The molecule has 33 heavy (non-hydrogen) atoms. The molecule has 1 unspecified atom stereocenters. The zero-order valence-electron chi connectivity index (χ0n) is 18.1. The first kappa shape index (κ1) is 25.4. The zero-order chi connectivity index (χ0) is 22.9. The lowest BCUT2D eigenvalue weighted by Crippen LogP contribution is -2.62. The summed E-state index contributed by atoms with van der Waals surface area (Å²) in [5.74, 6) is -0.729. The maximum atomic E-state index is 13.9. The van der Waals surface area contributed by atoms with Crippen molar-refractivity contribution in [1.29, 1.82) is 0 Å². The van der Waals surface area contributed by atoms with E-state index in [2.05, 4.69) is 9.88 Å². The molecule has 180 valence electrons. The van der Waals surface area contributed by atoms with Crippen molar-refractivity contribution in [3.8, 4) is 0 Å². The second-order valence-corrected chi connectivity index (χ2v) is 8.44. The van der Waals surface area contributed by atoms with E-state index in [4.69, 9.17) is 4.74 Å². The Labute approximate surface area is 196 Å². The fourth-order valence-corrected chi connectivity index (χ4v) is 4.53. The molecular formula is C23H26ClF4N3O2. The number of nitrogens with zero attached hydrogens (tertiary/aromatic N) is 3. The maximum absolute atomic E-state index is 13.9. The Bertz CT molecular complexity index is 980. The van der Waals surface area contributed by atoms with Crippen LogP contribution in [-0.2, 0) is 22.1 Å². The molecule has 1 aromatic heterocycles. The number of carbonyl (C=O) groups is 1. The van der Waals surface area contributed by atoms with Crippen LogP contribution in [0, 0.1) is 5.82 Å².